The standard InChI is InChI=1S/C34H41N3O3/c1-6-21-36-23-26(5)37(24-25(36)4)32(27-17-19-28(20-18-27)33(38)35(7-2)8-3)30-15-12-16-31(22-30)40-34(39)29-13-10-9-11-14-29/h6,9-20,22,25-26,32H,1,7-8,21,23-24H2,2-5H3/t25-,26+,32-/m1/s1. The van der Waals surface area contributed by atoms with Gasteiger partial charge in [-0.15, -0.1) is 6.58 Å². The number of piperazine rings is 1. The summed E-state index contributed by atoms with van der Waals surface area (Å²) in [7, 11) is 0. The average molecular weight is 540 g/mol. The molecule has 0 radical (unpaired) electrons. The normalized spacial score (nSPS) is 18.6. The molecule has 0 N–H and O–H groups in total. The van der Waals surface area contributed by atoms with Crippen LogP contribution in [0, 0.1) is 0 Å². The molecule has 0 aromatic heterocycles. The molecule has 0 aliphatic carbocycles. The van der Waals surface area contributed by atoms with Gasteiger partial charge in [-0.05, 0) is 75.2 Å². The third-order valence-corrected chi connectivity index (χ3v) is 7.78. The molecule has 3 aromatic rings. The minimum atomic E-state index is -0.381. The van der Waals surface area contributed by atoms with Crippen molar-refractivity contribution in [3.8, 4) is 5.75 Å². The highest BCUT2D eigenvalue weighted by atomic mass is 16.5. The van der Waals surface area contributed by atoms with Crippen LogP contribution in [0.15, 0.2) is 91.5 Å². The van der Waals surface area contributed by atoms with Crippen molar-refractivity contribution in [3.05, 3.63) is 114 Å². The van der Waals surface area contributed by atoms with Gasteiger partial charge in [-0.2, -0.15) is 0 Å². The first kappa shape index (κ1) is 29.2. The second-order valence-corrected chi connectivity index (χ2v) is 10.5. The molecule has 3 aromatic carbocycles. The summed E-state index contributed by atoms with van der Waals surface area (Å²) in [5.74, 6) is 0.173. The molecule has 0 unspecified atom stereocenters. The van der Waals surface area contributed by atoms with Crippen molar-refractivity contribution in [2.45, 2.75) is 45.8 Å². The van der Waals surface area contributed by atoms with Gasteiger partial charge in [-0.25, -0.2) is 4.79 Å². The fraction of sp³-hybridized carbons (Fsp3) is 0.353. The van der Waals surface area contributed by atoms with E-state index in [0.717, 1.165) is 30.8 Å². The van der Waals surface area contributed by atoms with E-state index in [1.165, 1.54) is 0 Å². The SMILES string of the molecule is C=CCN1C[C@H](C)N([C@H](c2ccc(C(=O)N(CC)CC)cc2)c2cccc(OC(=O)c3ccccc3)c2)C[C@H]1C. The highest BCUT2D eigenvalue weighted by Crippen LogP contribution is 2.35. The Morgan fingerprint density at radius 1 is 0.900 bits per heavy atom. The fourth-order valence-electron chi connectivity index (χ4n) is 5.57. The van der Waals surface area contributed by atoms with Crippen LogP contribution in [-0.2, 0) is 0 Å². The molecule has 1 heterocycles. The van der Waals surface area contributed by atoms with E-state index in [1.54, 1.807) is 12.1 Å². The largest absolute Gasteiger partial charge is 0.423 e. The number of carbonyl (C=O) groups excluding carboxylic acids is 2. The van der Waals surface area contributed by atoms with E-state index < -0.39 is 0 Å². The molecular formula is C34H41N3O3. The number of esters is 1. The van der Waals surface area contributed by atoms with Crippen LogP contribution in [0.25, 0.3) is 0 Å². The van der Waals surface area contributed by atoms with Gasteiger partial charge in [0.2, 0.25) is 0 Å². The maximum atomic E-state index is 13.0. The van der Waals surface area contributed by atoms with Crippen molar-refractivity contribution >= 4 is 11.9 Å². The lowest BCUT2D eigenvalue weighted by Gasteiger charge is -2.47. The van der Waals surface area contributed by atoms with E-state index in [-0.39, 0.29) is 24.0 Å². The van der Waals surface area contributed by atoms with Gasteiger partial charge in [-0.3, -0.25) is 14.6 Å². The maximum Gasteiger partial charge on any atom is 0.343 e. The second-order valence-electron chi connectivity index (χ2n) is 10.5. The quantitative estimate of drug-likeness (QED) is 0.178. The zero-order chi connectivity index (χ0) is 28.6. The molecule has 40 heavy (non-hydrogen) atoms. The predicted molar refractivity (Wildman–Crippen MR) is 161 cm³/mol. The molecule has 6 heteroatoms. The first-order chi connectivity index (χ1) is 19.4. The zero-order valence-electron chi connectivity index (χ0n) is 24.1. The number of ether oxygens (including phenoxy) is 1. The molecule has 1 amide bonds. The summed E-state index contributed by atoms with van der Waals surface area (Å²) in [5, 5.41) is 0. The van der Waals surface area contributed by atoms with Gasteiger partial charge >= 0.3 is 5.97 Å². The Kier molecular flexibility index (Phi) is 9.91. The summed E-state index contributed by atoms with van der Waals surface area (Å²) >= 11 is 0. The number of rotatable bonds is 10. The number of amides is 1. The predicted octanol–water partition coefficient (Wildman–Crippen LogP) is 6.06. The molecule has 0 spiro atoms. The molecule has 210 valence electrons. The number of nitrogens with zero attached hydrogens (tertiary/aromatic N) is 3. The monoisotopic (exact) mass is 539 g/mol. The highest BCUT2D eigenvalue weighted by molar-refractivity contribution is 5.94. The zero-order valence-corrected chi connectivity index (χ0v) is 24.1. The summed E-state index contributed by atoms with van der Waals surface area (Å²) < 4.78 is 5.79. The first-order valence-corrected chi connectivity index (χ1v) is 14.2. The Bertz CT molecular complexity index is 1290. The van der Waals surface area contributed by atoms with Crippen LogP contribution in [0.2, 0.25) is 0 Å². The van der Waals surface area contributed by atoms with Gasteiger partial charge in [0.1, 0.15) is 5.75 Å². The molecule has 3 atom stereocenters. The molecule has 1 aliphatic heterocycles. The molecule has 1 saturated heterocycles. The van der Waals surface area contributed by atoms with E-state index in [2.05, 4.69) is 48.4 Å². The van der Waals surface area contributed by atoms with Crippen molar-refractivity contribution in [3.63, 3.8) is 0 Å². The van der Waals surface area contributed by atoms with Crippen LogP contribution in [0.5, 0.6) is 5.75 Å². The molecule has 4 rings (SSSR count). The van der Waals surface area contributed by atoms with Crippen LogP contribution >= 0.6 is 0 Å². The van der Waals surface area contributed by atoms with Crippen molar-refractivity contribution in [2.75, 3.05) is 32.7 Å². The van der Waals surface area contributed by atoms with Crippen LogP contribution in [-0.4, -0.2) is 71.4 Å². The van der Waals surface area contributed by atoms with Crippen molar-refractivity contribution in [2.24, 2.45) is 0 Å². The smallest absolute Gasteiger partial charge is 0.343 e. The first-order valence-electron chi connectivity index (χ1n) is 14.2. The molecule has 6 nitrogen and oxygen atoms in total. The van der Waals surface area contributed by atoms with E-state index >= 15 is 0 Å². The number of benzene rings is 3. The third-order valence-electron chi connectivity index (χ3n) is 7.78. The number of hydrogen-bond donors (Lipinski definition) is 0. The summed E-state index contributed by atoms with van der Waals surface area (Å²) in [6.07, 6.45) is 1.96. The number of hydrogen-bond acceptors (Lipinski definition) is 5. The minimum absolute atomic E-state index is 0.0444. The summed E-state index contributed by atoms with van der Waals surface area (Å²) in [6, 6.07) is 25.4. The maximum absolute atomic E-state index is 13.0. The van der Waals surface area contributed by atoms with E-state index in [9.17, 15) is 9.59 Å². The molecular weight excluding hydrogens is 498 g/mol. The van der Waals surface area contributed by atoms with Gasteiger partial charge in [0.05, 0.1) is 11.6 Å². The van der Waals surface area contributed by atoms with Crippen molar-refractivity contribution < 1.29 is 14.3 Å². The van der Waals surface area contributed by atoms with Crippen LogP contribution in [0.1, 0.15) is 65.6 Å². The van der Waals surface area contributed by atoms with Crippen molar-refractivity contribution in [1.29, 1.82) is 0 Å². The lowest BCUT2D eigenvalue weighted by atomic mass is 9.92. The van der Waals surface area contributed by atoms with Crippen LogP contribution in [0.3, 0.4) is 0 Å². The summed E-state index contributed by atoms with van der Waals surface area (Å²) in [5.41, 5.74) is 3.34. The third kappa shape index (κ3) is 6.69. The van der Waals surface area contributed by atoms with E-state index in [0.29, 0.717) is 36.0 Å². The molecule has 1 fully saturated rings. The van der Waals surface area contributed by atoms with Crippen molar-refractivity contribution in [1.82, 2.24) is 14.7 Å². The Morgan fingerprint density at radius 3 is 2.25 bits per heavy atom. The topological polar surface area (TPSA) is 53.1 Å². The molecule has 0 bridgehead atoms. The Morgan fingerprint density at radius 2 is 1.60 bits per heavy atom. The van der Waals surface area contributed by atoms with Gasteiger partial charge in [0.15, 0.2) is 0 Å². The Balaban J connectivity index is 1.68. The Labute approximate surface area is 238 Å². The summed E-state index contributed by atoms with van der Waals surface area (Å²) in [4.78, 5) is 32.6. The van der Waals surface area contributed by atoms with Crippen LogP contribution < -0.4 is 4.74 Å². The van der Waals surface area contributed by atoms with Gasteiger partial charge in [0.25, 0.3) is 5.91 Å². The molecule has 1 aliphatic rings. The fourth-order valence-corrected chi connectivity index (χ4v) is 5.57. The van der Waals surface area contributed by atoms with Gasteiger partial charge in [-0.1, -0.05) is 48.5 Å². The molecule has 0 saturated carbocycles. The van der Waals surface area contributed by atoms with Gasteiger partial charge in [0, 0.05) is 50.4 Å². The lowest BCUT2D eigenvalue weighted by Crippen LogP contribution is -2.57. The average Bonchev–Trinajstić information content (AvgIpc) is 2.97. The summed E-state index contributed by atoms with van der Waals surface area (Å²) in [6.45, 7) is 16.5. The van der Waals surface area contributed by atoms with E-state index in [4.69, 9.17) is 4.74 Å². The Hall–Kier alpha value is -3.74. The minimum Gasteiger partial charge on any atom is -0.423 e. The lowest BCUT2D eigenvalue weighted by molar-refractivity contribution is 0.0306. The highest BCUT2D eigenvalue weighted by Gasteiger charge is 2.34. The van der Waals surface area contributed by atoms with Gasteiger partial charge < -0.3 is 9.64 Å². The van der Waals surface area contributed by atoms with Crippen LogP contribution in [0.4, 0.5) is 0 Å². The second kappa shape index (κ2) is 13.6. The number of carbonyl (C=O) groups is 2. The van der Waals surface area contributed by atoms with E-state index in [1.807, 2.05) is 73.4 Å².